The van der Waals surface area contributed by atoms with Gasteiger partial charge in [0.15, 0.2) is 11.5 Å². The van der Waals surface area contributed by atoms with Crippen molar-refractivity contribution in [2.24, 2.45) is 5.92 Å². The van der Waals surface area contributed by atoms with Crippen LogP contribution in [-0.4, -0.2) is 52.3 Å². The Hall–Kier alpha value is -3.54. The van der Waals surface area contributed by atoms with Crippen LogP contribution in [-0.2, 0) is 9.59 Å². The molecule has 1 aliphatic carbocycles. The van der Waals surface area contributed by atoms with Crippen molar-refractivity contribution in [1.82, 2.24) is 19.9 Å². The Morgan fingerprint density at radius 3 is 2.45 bits per heavy atom. The number of hydrogen-bond acceptors (Lipinski definition) is 7. The summed E-state index contributed by atoms with van der Waals surface area (Å²) in [4.78, 5) is 37.6. The molecule has 9 nitrogen and oxygen atoms in total. The van der Waals surface area contributed by atoms with Crippen molar-refractivity contribution >= 4 is 23.3 Å². The minimum atomic E-state index is -0.125. The van der Waals surface area contributed by atoms with Gasteiger partial charge in [-0.3, -0.25) is 14.6 Å². The molecule has 9 heteroatoms. The van der Waals surface area contributed by atoms with Gasteiger partial charge < -0.3 is 15.5 Å². The van der Waals surface area contributed by atoms with Crippen LogP contribution in [0.5, 0.6) is 0 Å². The molecule has 0 unspecified atom stereocenters. The molecule has 2 N–H and O–H groups in total. The number of hydrogen-bond donors (Lipinski definition) is 2. The van der Waals surface area contributed by atoms with Gasteiger partial charge in [0.2, 0.25) is 11.8 Å². The molecule has 0 saturated heterocycles. The van der Waals surface area contributed by atoms with Crippen molar-refractivity contribution in [2.45, 2.75) is 26.7 Å². The summed E-state index contributed by atoms with van der Waals surface area (Å²) in [6.45, 7) is 4.05. The number of carbonyl (C=O) groups excluding carboxylic acids is 2. The predicted molar refractivity (Wildman–Crippen MR) is 110 cm³/mol. The van der Waals surface area contributed by atoms with E-state index in [9.17, 15) is 14.9 Å². The van der Waals surface area contributed by atoms with E-state index in [1.807, 2.05) is 19.9 Å². The number of carbonyl (C=O) groups is 2. The number of anilines is 2. The van der Waals surface area contributed by atoms with Gasteiger partial charge >= 0.3 is 0 Å². The molecule has 2 amide bonds. The molecule has 0 spiro atoms. The van der Waals surface area contributed by atoms with Crippen LogP contribution in [0.1, 0.15) is 32.4 Å². The lowest BCUT2D eigenvalue weighted by molar-refractivity contribution is -0.126. The Bertz CT molecular complexity index is 900. The Kier molecular flexibility index (Phi) is 7.60. The van der Waals surface area contributed by atoms with Crippen molar-refractivity contribution in [1.29, 1.82) is 5.26 Å². The molecule has 2 heterocycles. The first-order valence-electron chi connectivity index (χ1n) is 9.45. The molecule has 1 aliphatic rings. The molecule has 0 aliphatic heterocycles. The second kappa shape index (κ2) is 10.1. The minimum absolute atomic E-state index is 0.0332. The molecular formula is C20H25N7O2. The van der Waals surface area contributed by atoms with Crippen LogP contribution in [0.25, 0.3) is 11.3 Å². The molecular weight excluding hydrogens is 370 g/mol. The highest BCUT2D eigenvalue weighted by molar-refractivity contribution is 5.93. The van der Waals surface area contributed by atoms with E-state index in [1.54, 1.807) is 20.2 Å². The topological polar surface area (TPSA) is 124 Å². The number of amides is 2. The highest BCUT2D eigenvalue weighted by Crippen LogP contribution is 2.30. The first-order valence-corrected chi connectivity index (χ1v) is 9.45. The summed E-state index contributed by atoms with van der Waals surface area (Å²) in [6, 6.07) is 3.69. The molecule has 152 valence electrons. The third-order valence-electron chi connectivity index (χ3n) is 4.07. The van der Waals surface area contributed by atoms with Crippen molar-refractivity contribution in [3.05, 3.63) is 30.4 Å². The molecule has 3 rings (SSSR count). The molecule has 0 aromatic carbocycles. The number of likely N-dealkylation sites (N-methyl/N-ethyl adjacent to an activating group) is 1. The summed E-state index contributed by atoms with van der Waals surface area (Å²) in [7, 11) is 3.31. The maximum absolute atomic E-state index is 11.8. The van der Waals surface area contributed by atoms with Crippen LogP contribution >= 0.6 is 0 Å². The van der Waals surface area contributed by atoms with Gasteiger partial charge in [0.25, 0.3) is 0 Å². The molecule has 1 fully saturated rings. The summed E-state index contributed by atoms with van der Waals surface area (Å²) in [6.07, 6.45) is 6.36. The fraction of sp³-hybridized carbons (Fsp3) is 0.400. The van der Waals surface area contributed by atoms with Gasteiger partial charge in [-0.1, -0.05) is 13.8 Å². The van der Waals surface area contributed by atoms with Crippen LogP contribution in [0.4, 0.5) is 11.5 Å². The summed E-state index contributed by atoms with van der Waals surface area (Å²) >= 11 is 0. The van der Waals surface area contributed by atoms with Gasteiger partial charge in [0.1, 0.15) is 6.07 Å². The third-order valence-corrected chi connectivity index (χ3v) is 4.07. The monoisotopic (exact) mass is 395 g/mol. The average Bonchev–Trinajstić information content (AvgIpc) is 3.59. The average molecular weight is 395 g/mol. The quantitative estimate of drug-likeness (QED) is 0.769. The van der Waals surface area contributed by atoms with E-state index in [0.29, 0.717) is 22.8 Å². The van der Waals surface area contributed by atoms with Gasteiger partial charge in [-0.25, -0.2) is 9.97 Å². The Balaban J connectivity index is 0.00000145. The van der Waals surface area contributed by atoms with Gasteiger partial charge in [-0.05, 0) is 18.9 Å². The number of rotatable bonds is 6. The van der Waals surface area contributed by atoms with E-state index in [-0.39, 0.29) is 30.0 Å². The predicted octanol–water partition coefficient (Wildman–Crippen LogP) is 2.29. The lowest BCUT2D eigenvalue weighted by Gasteiger charge is -2.13. The zero-order valence-corrected chi connectivity index (χ0v) is 17.1. The Morgan fingerprint density at radius 2 is 1.90 bits per heavy atom. The first kappa shape index (κ1) is 21.8. The number of aromatic nitrogens is 3. The standard InChI is InChI=1S/C18H19N7O2.C2H6/c1-25(2)17(26)10-22-13-5-12(7-20-14(13)6-19)15-8-23-16(9-21-15)24-18(27)11-3-4-11;1-2/h5,7-9,11,22H,3-4,10H2,1-2H3,(H,23,24,27);1-2H3. The third kappa shape index (κ3) is 5.97. The number of nitriles is 1. The van der Waals surface area contributed by atoms with E-state index in [1.165, 1.54) is 23.5 Å². The maximum Gasteiger partial charge on any atom is 0.241 e. The number of pyridine rings is 1. The van der Waals surface area contributed by atoms with Crippen LogP contribution in [0.15, 0.2) is 24.7 Å². The van der Waals surface area contributed by atoms with E-state index >= 15 is 0 Å². The van der Waals surface area contributed by atoms with E-state index in [0.717, 1.165) is 12.8 Å². The summed E-state index contributed by atoms with van der Waals surface area (Å²) < 4.78 is 0. The highest BCUT2D eigenvalue weighted by atomic mass is 16.2. The SMILES string of the molecule is CC.CN(C)C(=O)CNc1cc(-c2cnc(NC(=O)C3CC3)cn2)cnc1C#N. The summed E-state index contributed by atoms with van der Waals surface area (Å²) in [5.74, 6) is 0.328. The number of nitrogens with one attached hydrogen (secondary N) is 2. The van der Waals surface area contributed by atoms with Gasteiger partial charge in [0, 0.05) is 31.8 Å². The fourth-order valence-electron chi connectivity index (χ4n) is 2.27. The van der Waals surface area contributed by atoms with Gasteiger partial charge in [0.05, 0.1) is 30.3 Å². The van der Waals surface area contributed by atoms with E-state index < -0.39 is 0 Å². The zero-order chi connectivity index (χ0) is 21.4. The Morgan fingerprint density at radius 1 is 1.17 bits per heavy atom. The van der Waals surface area contributed by atoms with Gasteiger partial charge in [-0.2, -0.15) is 5.26 Å². The lowest BCUT2D eigenvalue weighted by Crippen LogP contribution is -2.28. The van der Waals surface area contributed by atoms with Crippen molar-refractivity contribution < 1.29 is 9.59 Å². The van der Waals surface area contributed by atoms with Gasteiger partial charge in [-0.15, -0.1) is 0 Å². The smallest absolute Gasteiger partial charge is 0.241 e. The van der Waals surface area contributed by atoms with Crippen molar-refractivity contribution in [3.8, 4) is 17.3 Å². The van der Waals surface area contributed by atoms with Crippen LogP contribution in [0.3, 0.4) is 0 Å². The largest absolute Gasteiger partial charge is 0.374 e. The highest BCUT2D eigenvalue weighted by Gasteiger charge is 2.29. The molecule has 0 atom stereocenters. The van der Waals surface area contributed by atoms with Crippen LogP contribution in [0.2, 0.25) is 0 Å². The van der Waals surface area contributed by atoms with Crippen LogP contribution in [0, 0.1) is 17.2 Å². The molecule has 0 bridgehead atoms. The molecule has 29 heavy (non-hydrogen) atoms. The normalized spacial score (nSPS) is 12.1. The van der Waals surface area contributed by atoms with Crippen molar-refractivity contribution in [2.75, 3.05) is 31.3 Å². The van der Waals surface area contributed by atoms with E-state index in [2.05, 4.69) is 25.6 Å². The molecule has 1 saturated carbocycles. The summed E-state index contributed by atoms with van der Waals surface area (Å²) in [5, 5.41) is 14.9. The van der Waals surface area contributed by atoms with Crippen LogP contribution < -0.4 is 10.6 Å². The lowest BCUT2D eigenvalue weighted by atomic mass is 10.1. The molecule has 0 radical (unpaired) electrons. The zero-order valence-electron chi connectivity index (χ0n) is 17.1. The molecule has 2 aromatic rings. The van der Waals surface area contributed by atoms with Crippen molar-refractivity contribution in [3.63, 3.8) is 0 Å². The molecule has 2 aromatic heterocycles. The maximum atomic E-state index is 11.8. The second-order valence-corrected chi connectivity index (χ2v) is 6.42. The fourth-order valence-corrected chi connectivity index (χ4v) is 2.27. The number of nitrogens with zero attached hydrogens (tertiary/aromatic N) is 5. The minimum Gasteiger partial charge on any atom is -0.374 e. The van der Waals surface area contributed by atoms with E-state index in [4.69, 9.17) is 0 Å². The Labute approximate surface area is 170 Å². The summed E-state index contributed by atoms with van der Waals surface area (Å²) in [5.41, 5.74) is 1.81. The second-order valence-electron chi connectivity index (χ2n) is 6.42. The first-order chi connectivity index (χ1) is 14.0.